The highest BCUT2D eigenvalue weighted by Gasteiger charge is 2.14. The van der Waals surface area contributed by atoms with Gasteiger partial charge in [-0.25, -0.2) is 4.98 Å². The molecule has 0 unspecified atom stereocenters. The monoisotopic (exact) mass is 389 g/mol. The van der Waals surface area contributed by atoms with Gasteiger partial charge >= 0.3 is 0 Å². The number of carbonyl (C=O) groups excluding carboxylic acids is 2. The van der Waals surface area contributed by atoms with Crippen molar-refractivity contribution in [3.8, 4) is 11.3 Å². The number of aliphatic hydroxyl groups is 2. The van der Waals surface area contributed by atoms with Crippen LogP contribution in [-0.2, 0) is 13.2 Å². The molecule has 0 atom stereocenters. The lowest BCUT2D eigenvalue weighted by Crippen LogP contribution is -2.08. The van der Waals surface area contributed by atoms with E-state index >= 15 is 0 Å². The van der Waals surface area contributed by atoms with Gasteiger partial charge in [-0.15, -0.1) is 0 Å². The summed E-state index contributed by atoms with van der Waals surface area (Å²) < 4.78 is 0. The second-order valence-corrected chi connectivity index (χ2v) is 6.92. The van der Waals surface area contributed by atoms with Crippen molar-refractivity contribution in [2.45, 2.75) is 33.0 Å². The normalized spacial score (nSPS) is 10.7. The van der Waals surface area contributed by atoms with E-state index < -0.39 is 0 Å². The second-order valence-electron chi connectivity index (χ2n) is 6.92. The van der Waals surface area contributed by atoms with Crippen LogP contribution < -0.4 is 0 Å². The zero-order valence-corrected chi connectivity index (χ0v) is 16.3. The SMILES string of the molecule is Cc1ccc(-c2cccc(C(=O)CCC(=O)c3ccc(CO)c(CO)c3)n2)cc1. The van der Waals surface area contributed by atoms with E-state index in [1.807, 2.05) is 37.3 Å². The van der Waals surface area contributed by atoms with Crippen LogP contribution in [0, 0.1) is 6.92 Å². The average molecular weight is 389 g/mol. The molecule has 5 nitrogen and oxygen atoms in total. The van der Waals surface area contributed by atoms with Crippen LogP contribution in [0.15, 0.2) is 60.7 Å². The van der Waals surface area contributed by atoms with Crippen molar-refractivity contribution in [3.63, 3.8) is 0 Å². The van der Waals surface area contributed by atoms with Crippen LogP contribution in [0.1, 0.15) is 50.4 Å². The van der Waals surface area contributed by atoms with E-state index in [0.29, 0.717) is 28.1 Å². The largest absolute Gasteiger partial charge is 0.392 e. The third-order valence-corrected chi connectivity index (χ3v) is 4.83. The zero-order chi connectivity index (χ0) is 20.8. The number of pyridine rings is 1. The Hall–Kier alpha value is -3.15. The molecule has 0 aliphatic heterocycles. The van der Waals surface area contributed by atoms with Crippen molar-refractivity contribution in [2.24, 2.45) is 0 Å². The maximum absolute atomic E-state index is 12.6. The van der Waals surface area contributed by atoms with Crippen molar-refractivity contribution >= 4 is 11.6 Å². The fourth-order valence-corrected chi connectivity index (χ4v) is 3.08. The third kappa shape index (κ3) is 5.02. The Labute approximate surface area is 169 Å². The van der Waals surface area contributed by atoms with E-state index in [-0.39, 0.29) is 37.6 Å². The minimum atomic E-state index is -0.258. The topological polar surface area (TPSA) is 87.5 Å². The Balaban J connectivity index is 1.68. The molecule has 3 aromatic rings. The molecule has 148 valence electrons. The molecule has 0 spiro atoms. The summed E-state index contributed by atoms with van der Waals surface area (Å²) in [6, 6.07) is 18.0. The summed E-state index contributed by atoms with van der Waals surface area (Å²) in [5.74, 6) is -0.381. The molecular formula is C24H23NO4. The summed E-state index contributed by atoms with van der Waals surface area (Å²) in [5.41, 5.74) is 4.64. The van der Waals surface area contributed by atoms with E-state index in [1.165, 1.54) is 0 Å². The summed E-state index contributed by atoms with van der Waals surface area (Å²) in [7, 11) is 0. The minimum Gasteiger partial charge on any atom is -0.392 e. The lowest BCUT2D eigenvalue weighted by atomic mass is 9.99. The van der Waals surface area contributed by atoms with E-state index in [1.54, 1.807) is 30.3 Å². The van der Waals surface area contributed by atoms with Gasteiger partial charge in [0.15, 0.2) is 11.6 Å². The molecule has 2 aromatic carbocycles. The van der Waals surface area contributed by atoms with Crippen LogP contribution in [0.25, 0.3) is 11.3 Å². The maximum atomic E-state index is 12.6. The molecule has 0 radical (unpaired) electrons. The van der Waals surface area contributed by atoms with Gasteiger partial charge in [-0.1, -0.05) is 48.0 Å². The number of aryl methyl sites for hydroxylation is 1. The molecule has 0 amide bonds. The number of ketones is 2. The van der Waals surface area contributed by atoms with Gasteiger partial charge < -0.3 is 10.2 Å². The summed E-state index contributed by atoms with van der Waals surface area (Å²) in [5, 5.41) is 18.6. The van der Waals surface area contributed by atoms with E-state index in [9.17, 15) is 19.8 Å². The van der Waals surface area contributed by atoms with Gasteiger partial charge in [0.05, 0.1) is 18.9 Å². The van der Waals surface area contributed by atoms with E-state index in [0.717, 1.165) is 11.1 Å². The molecule has 3 rings (SSSR count). The smallest absolute Gasteiger partial charge is 0.181 e. The highest BCUT2D eigenvalue weighted by molar-refractivity contribution is 6.01. The first-order chi connectivity index (χ1) is 14.0. The Morgan fingerprint density at radius 1 is 0.828 bits per heavy atom. The Kier molecular flexibility index (Phi) is 6.65. The number of rotatable bonds is 8. The van der Waals surface area contributed by atoms with Crippen LogP contribution in [0.2, 0.25) is 0 Å². The molecule has 0 saturated heterocycles. The van der Waals surface area contributed by atoms with Gasteiger partial charge in [-0.3, -0.25) is 9.59 Å². The number of aliphatic hydroxyl groups excluding tert-OH is 2. The number of benzene rings is 2. The van der Waals surface area contributed by atoms with Crippen molar-refractivity contribution in [1.82, 2.24) is 4.98 Å². The molecule has 0 aliphatic rings. The van der Waals surface area contributed by atoms with Crippen LogP contribution in [0.3, 0.4) is 0 Å². The van der Waals surface area contributed by atoms with Gasteiger partial charge in [0.2, 0.25) is 0 Å². The lowest BCUT2D eigenvalue weighted by molar-refractivity contribution is 0.0915. The van der Waals surface area contributed by atoms with Crippen LogP contribution >= 0.6 is 0 Å². The molecule has 0 bridgehead atoms. The molecule has 0 saturated carbocycles. The van der Waals surface area contributed by atoms with Crippen molar-refractivity contribution in [3.05, 3.63) is 88.6 Å². The number of hydrogen-bond donors (Lipinski definition) is 2. The number of hydrogen-bond acceptors (Lipinski definition) is 5. The number of aromatic nitrogens is 1. The first-order valence-electron chi connectivity index (χ1n) is 9.46. The molecule has 1 aromatic heterocycles. The highest BCUT2D eigenvalue weighted by atomic mass is 16.3. The predicted molar refractivity (Wildman–Crippen MR) is 111 cm³/mol. The Morgan fingerprint density at radius 3 is 2.21 bits per heavy atom. The van der Waals surface area contributed by atoms with E-state index in [4.69, 9.17) is 0 Å². The summed E-state index contributed by atoms with van der Waals surface area (Å²) in [4.78, 5) is 29.5. The van der Waals surface area contributed by atoms with Gasteiger partial charge in [-0.05, 0) is 36.2 Å². The first-order valence-corrected chi connectivity index (χ1v) is 9.46. The van der Waals surface area contributed by atoms with Gasteiger partial charge in [-0.2, -0.15) is 0 Å². The summed E-state index contributed by atoms with van der Waals surface area (Å²) >= 11 is 0. The van der Waals surface area contributed by atoms with Crippen molar-refractivity contribution < 1.29 is 19.8 Å². The fourth-order valence-electron chi connectivity index (χ4n) is 3.08. The maximum Gasteiger partial charge on any atom is 0.181 e. The highest BCUT2D eigenvalue weighted by Crippen LogP contribution is 2.19. The fraction of sp³-hybridized carbons (Fsp3) is 0.208. The number of carbonyl (C=O) groups is 2. The number of Topliss-reactive ketones (excluding diaryl/α,β-unsaturated/α-hetero) is 2. The lowest BCUT2D eigenvalue weighted by Gasteiger charge is -2.08. The molecule has 29 heavy (non-hydrogen) atoms. The van der Waals surface area contributed by atoms with Crippen LogP contribution in [-0.4, -0.2) is 26.8 Å². The van der Waals surface area contributed by atoms with Gasteiger partial charge in [0.25, 0.3) is 0 Å². The molecule has 0 fully saturated rings. The van der Waals surface area contributed by atoms with Crippen LogP contribution in [0.5, 0.6) is 0 Å². The summed E-state index contributed by atoms with van der Waals surface area (Å²) in [6.07, 6.45) is 0.109. The third-order valence-electron chi connectivity index (χ3n) is 4.83. The number of nitrogens with zero attached hydrogens (tertiary/aromatic N) is 1. The first kappa shape index (κ1) is 20.6. The average Bonchev–Trinajstić information content (AvgIpc) is 2.77. The van der Waals surface area contributed by atoms with Gasteiger partial charge in [0, 0.05) is 24.0 Å². The molecule has 5 heteroatoms. The Morgan fingerprint density at radius 2 is 1.52 bits per heavy atom. The predicted octanol–water partition coefficient (Wildman–Crippen LogP) is 3.89. The minimum absolute atomic E-state index is 0.0542. The molecule has 2 N–H and O–H groups in total. The summed E-state index contributed by atoms with van der Waals surface area (Å²) in [6.45, 7) is 1.55. The van der Waals surface area contributed by atoms with Crippen molar-refractivity contribution in [1.29, 1.82) is 0 Å². The van der Waals surface area contributed by atoms with E-state index in [2.05, 4.69) is 4.98 Å². The zero-order valence-electron chi connectivity index (χ0n) is 16.3. The van der Waals surface area contributed by atoms with Crippen molar-refractivity contribution in [2.75, 3.05) is 0 Å². The standard InChI is InChI=1S/C24H23NO4/c1-16-5-7-17(8-6-16)21-3-2-4-22(25-21)24(29)12-11-23(28)18-9-10-19(14-26)20(13-18)15-27/h2-10,13,26-27H,11-12,14-15H2,1H3. The van der Waals surface area contributed by atoms with Gasteiger partial charge in [0.1, 0.15) is 5.69 Å². The molecule has 1 heterocycles. The van der Waals surface area contributed by atoms with Crippen LogP contribution in [0.4, 0.5) is 0 Å². The quantitative estimate of drug-likeness (QED) is 0.571. The molecule has 0 aliphatic carbocycles. The Bertz CT molecular complexity index is 1030. The second kappa shape index (κ2) is 9.37. The molecular weight excluding hydrogens is 366 g/mol.